The first kappa shape index (κ1) is 17.1. The lowest BCUT2D eigenvalue weighted by Crippen LogP contribution is -2.37. The van der Waals surface area contributed by atoms with E-state index in [1.165, 1.54) is 18.5 Å². The van der Waals surface area contributed by atoms with Crippen molar-refractivity contribution in [3.8, 4) is 11.8 Å². The van der Waals surface area contributed by atoms with E-state index in [0.29, 0.717) is 5.82 Å². The van der Waals surface area contributed by atoms with Crippen molar-refractivity contribution >= 4 is 5.82 Å². The molecule has 1 fully saturated rings. The Morgan fingerprint density at radius 3 is 2.80 bits per heavy atom. The molecule has 1 saturated carbocycles. The summed E-state index contributed by atoms with van der Waals surface area (Å²) in [5, 5.41) is 32.6. The Morgan fingerprint density at radius 2 is 2.08 bits per heavy atom. The minimum absolute atomic E-state index is 0.0320. The third-order valence-electron chi connectivity index (χ3n) is 4.11. The summed E-state index contributed by atoms with van der Waals surface area (Å²) in [4.78, 5) is 8.06. The number of anilines is 1. The number of rotatable bonds is 4. The highest BCUT2D eigenvalue weighted by atomic mass is 19.1. The number of hydrogen-bond acceptors (Lipinski definition) is 7. The van der Waals surface area contributed by atoms with Gasteiger partial charge in [0, 0.05) is 18.2 Å². The van der Waals surface area contributed by atoms with Crippen LogP contribution in [0.1, 0.15) is 17.7 Å². The number of nitrogens with one attached hydrogen (secondary N) is 1. The van der Waals surface area contributed by atoms with Gasteiger partial charge in [0.1, 0.15) is 48.1 Å². The normalized spacial score (nSPS) is 25.4. The number of aliphatic hydroxyl groups excluding tert-OH is 2. The van der Waals surface area contributed by atoms with Crippen LogP contribution in [0.5, 0.6) is 5.75 Å². The maximum absolute atomic E-state index is 13.2. The van der Waals surface area contributed by atoms with Gasteiger partial charge in [0.25, 0.3) is 0 Å². The quantitative estimate of drug-likeness (QED) is 0.763. The van der Waals surface area contributed by atoms with Gasteiger partial charge in [-0.1, -0.05) is 0 Å². The van der Waals surface area contributed by atoms with Crippen LogP contribution in [0.2, 0.25) is 0 Å². The minimum Gasteiger partial charge on any atom is -0.486 e. The molecule has 1 heterocycles. The smallest absolute Gasteiger partial charge is 0.137 e. The van der Waals surface area contributed by atoms with E-state index >= 15 is 0 Å². The van der Waals surface area contributed by atoms with Crippen molar-refractivity contribution in [3.63, 3.8) is 0 Å². The molecule has 1 aromatic heterocycles. The summed E-state index contributed by atoms with van der Waals surface area (Å²) in [7, 11) is 0. The van der Waals surface area contributed by atoms with Crippen molar-refractivity contribution in [3.05, 3.63) is 47.7 Å². The van der Waals surface area contributed by atoms with Gasteiger partial charge in [-0.2, -0.15) is 5.26 Å². The van der Waals surface area contributed by atoms with Crippen LogP contribution >= 0.6 is 0 Å². The fourth-order valence-corrected chi connectivity index (χ4v) is 2.83. The fraction of sp³-hybridized carbons (Fsp3) is 0.353. The molecule has 0 unspecified atom stereocenters. The molecule has 3 N–H and O–H groups in total. The Hall–Kier alpha value is -2.76. The van der Waals surface area contributed by atoms with Gasteiger partial charge >= 0.3 is 0 Å². The third-order valence-corrected chi connectivity index (χ3v) is 4.11. The molecule has 0 radical (unpaired) electrons. The zero-order valence-corrected chi connectivity index (χ0v) is 13.4. The predicted octanol–water partition coefficient (Wildman–Crippen LogP) is 1.15. The van der Waals surface area contributed by atoms with Crippen molar-refractivity contribution in [1.29, 1.82) is 5.26 Å². The Kier molecular flexibility index (Phi) is 4.79. The van der Waals surface area contributed by atoms with Gasteiger partial charge in [0.05, 0.1) is 11.6 Å². The minimum atomic E-state index is -1.16. The lowest BCUT2D eigenvalue weighted by Gasteiger charge is -2.19. The monoisotopic (exact) mass is 344 g/mol. The number of ether oxygens (including phenoxy) is 1. The molecule has 8 heteroatoms. The first-order valence-electron chi connectivity index (χ1n) is 7.75. The molecule has 1 aromatic carbocycles. The number of aliphatic hydroxyl groups is 2. The van der Waals surface area contributed by atoms with Crippen LogP contribution in [-0.4, -0.2) is 44.5 Å². The zero-order valence-electron chi connectivity index (χ0n) is 13.4. The predicted molar refractivity (Wildman–Crippen MR) is 86.3 cm³/mol. The van der Waals surface area contributed by atoms with Crippen LogP contribution in [-0.2, 0) is 0 Å². The number of benzene rings is 1. The molecular formula is C17H17FN4O3. The number of halogens is 1. The Balaban J connectivity index is 1.73. The molecule has 4 atom stereocenters. The number of hydrogen-bond donors (Lipinski definition) is 3. The van der Waals surface area contributed by atoms with Gasteiger partial charge in [0.15, 0.2) is 0 Å². The fourth-order valence-electron chi connectivity index (χ4n) is 2.83. The first-order valence-corrected chi connectivity index (χ1v) is 7.75. The number of aryl methyl sites for hydroxylation is 1. The molecule has 1 aliphatic carbocycles. The summed E-state index contributed by atoms with van der Waals surface area (Å²) in [5.74, 6) is 0.150. The van der Waals surface area contributed by atoms with Crippen LogP contribution in [0.3, 0.4) is 0 Å². The Bertz CT molecular complexity index is 811. The van der Waals surface area contributed by atoms with Gasteiger partial charge < -0.3 is 20.3 Å². The van der Waals surface area contributed by atoms with Crippen molar-refractivity contribution in [2.75, 3.05) is 5.32 Å². The molecule has 0 amide bonds. The third kappa shape index (κ3) is 3.68. The van der Waals surface area contributed by atoms with E-state index in [1.54, 1.807) is 6.07 Å². The zero-order chi connectivity index (χ0) is 18.0. The molecule has 2 aromatic rings. The molecule has 1 aliphatic rings. The highest BCUT2D eigenvalue weighted by Gasteiger charge is 2.43. The largest absolute Gasteiger partial charge is 0.486 e. The van der Waals surface area contributed by atoms with Gasteiger partial charge in [0.2, 0.25) is 0 Å². The van der Waals surface area contributed by atoms with Gasteiger partial charge in [-0.15, -0.1) is 0 Å². The van der Waals surface area contributed by atoms with Crippen LogP contribution < -0.4 is 10.1 Å². The number of nitriles is 1. The van der Waals surface area contributed by atoms with Crippen LogP contribution in [0, 0.1) is 24.1 Å². The Morgan fingerprint density at radius 1 is 1.28 bits per heavy atom. The molecule has 0 aliphatic heterocycles. The lowest BCUT2D eigenvalue weighted by molar-refractivity contribution is -0.0105. The van der Waals surface area contributed by atoms with E-state index in [1.807, 2.05) is 13.0 Å². The van der Waals surface area contributed by atoms with Crippen molar-refractivity contribution in [1.82, 2.24) is 9.97 Å². The highest BCUT2D eigenvalue weighted by Crippen LogP contribution is 2.29. The average molecular weight is 344 g/mol. The van der Waals surface area contributed by atoms with Crippen LogP contribution in [0.15, 0.2) is 30.6 Å². The molecule has 130 valence electrons. The molecule has 7 nitrogen and oxygen atoms in total. The molecule has 25 heavy (non-hydrogen) atoms. The van der Waals surface area contributed by atoms with Crippen molar-refractivity contribution in [2.24, 2.45) is 0 Å². The summed E-state index contributed by atoms with van der Waals surface area (Å²) in [6.45, 7) is 1.82. The van der Waals surface area contributed by atoms with E-state index in [-0.39, 0.29) is 17.7 Å². The molecule has 0 spiro atoms. The summed E-state index contributed by atoms with van der Waals surface area (Å²) in [5.41, 5.74) is 0.799. The van der Waals surface area contributed by atoms with E-state index in [4.69, 9.17) is 10.00 Å². The standard InChI is InChI=1S/C17H17FN4O3/c1-9-4-15(21-8-20-9)22-12-6-14(17(24)16(12)23)25-13-3-2-11(18)5-10(13)7-19/h2-5,8,12,14,16-17,23-24H,6H2,1H3,(H,20,21,22)/t12-,14+,16+,17-/m0/s1. The second kappa shape index (κ2) is 7.01. The average Bonchev–Trinajstić information content (AvgIpc) is 2.84. The van der Waals surface area contributed by atoms with E-state index in [0.717, 1.165) is 11.8 Å². The summed E-state index contributed by atoms with van der Waals surface area (Å²) in [6.07, 6.45) is -1.29. The van der Waals surface area contributed by atoms with Gasteiger partial charge in [-0.25, -0.2) is 14.4 Å². The topological polar surface area (TPSA) is 111 Å². The molecule has 3 rings (SSSR count). The van der Waals surface area contributed by atoms with Gasteiger partial charge in [-0.05, 0) is 25.1 Å². The van der Waals surface area contributed by atoms with E-state index in [9.17, 15) is 14.6 Å². The summed E-state index contributed by atoms with van der Waals surface area (Å²) in [6, 6.07) is 6.66. The first-order chi connectivity index (χ1) is 12.0. The lowest BCUT2D eigenvalue weighted by atomic mass is 10.2. The Labute approximate surface area is 143 Å². The number of nitrogens with zero attached hydrogens (tertiary/aromatic N) is 3. The summed E-state index contributed by atoms with van der Waals surface area (Å²) < 4.78 is 18.9. The molecular weight excluding hydrogens is 327 g/mol. The summed E-state index contributed by atoms with van der Waals surface area (Å²) >= 11 is 0. The van der Waals surface area contributed by atoms with Gasteiger partial charge in [-0.3, -0.25) is 0 Å². The second-order valence-electron chi connectivity index (χ2n) is 5.92. The molecule has 0 bridgehead atoms. The van der Waals surface area contributed by atoms with E-state index in [2.05, 4.69) is 15.3 Å². The van der Waals surface area contributed by atoms with Crippen LogP contribution in [0.25, 0.3) is 0 Å². The highest BCUT2D eigenvalue weighted by molar-refractivity contribution is 5.43. The van der Waals surface area contributed by atoms with Crippen molar-refractivity contribution in [2.45, 2.75) is 37.7 Å². The second-order valence-corrected chi connectivity index (χ2v) is 5.92. The maximum atomic E-state index is 13.2. The van der Waals surface area contributed by atoms with Crippen LogP contribution in [0.4, 0.5) is 10.2 Å². The van der Waals surface area contributed by atoms with Crippen molar-refractivity contribution < 1.29 is 19.3 Å². The number of aromatic nitrogens is 2. The SMILES string of the molecule is Cc1cc(N[C@H]2C[C@@H](Oc3ccc(F)cc3C#N)[C@H](O)[C@@H]2O)ncn1. The van der Waals surface area contributed by atoms with E-state index < -0.39 is 30.2 Å². The maximum Gasteiger partial charge on any atom is 0.137 e. The molecule has 0 saturated heterocycles.